The van der Waals surface area contributed by atoms with Crippen LogP contribution in [0.4, 0.5) is 0 Å². The van der Waals surface area contributed by atoms with Gasteiger partial charge in [0.25, 0.3) is 5.89 Å². The number of carbonyl (C=O) groups excluding carboxylic acids is 1. The summed E-state index contributed by atoms with van der Waals surface area (Å²) in [5.74, 6) is -0.367. The van der Waals surface area contributed by atoms with E-state index in [4.69, 9.17) is 9.52 Å². The van der Waals surface area contributed by atoms with Gasteiger partial charge in [0.05, 0.1) is 29.4 Å². The summed E-state index contributed by atoms with van der Waals surface area (Å²) in [4.78, 5) is 31.0. The molecule has 5 aromatic rings. The standard InChI is InChI=1S/C21H17N9O2/c1-12-3-2-7-30-16(12)9-14(28-30)18-17-13(24-11-25-17)4-8-29(18)21(31)20-27-26-19(32-20)15-10-22-5-6-23-15/h2-3,5-7,9-11,18H,4,8H2,1H3,(H,24,25)/t18-/m0/s1. The van der Waals surface area contributed by atoms with Gasteiger partial charge in [0.2, 0.25) is 0 Å². The van der Waals surface area contributed by atoms with E-state index in [1.54, 1.807) is 17.4 Å². The van der Waals surface area contributed by atoms with E-state index in [2.05, 4.69) is 30.1 Å². The number of hydrogen-bond donors (Lipinski definition) is 1. The van der Waals surface area contributed by atoms with Crippen LogP contribution in [0.5, 0.6) is 0 Å². The van der Waals surface area contributed by atoms with Crippen molar-refractivity contribution in [3.8, 4) is 11.6 Å². The largest absolute Gasteiger partial charge is 0.411 e. The van der Waals surface area contributed by atoms with E-state index in [1.165, 1.54) is 12.4 Å². The molecule has 1 N–H and O–H groups in total. The monoisotopic (exact) mass is 427 g/mol. The van der Waals surface area contributed by atoms with E-state index < -0.39 is 6.04 Å². The van der Waals surface area contributed by atoms with Crippen molar-refractivity contribution in [1.82, 2.24) is 44.6 Å². The number of aryl methyl sites for hydroxylation is 1. The van der Waals surface area contributed by atoms with Gasteiger partial charge in [-0.15, -0.1) is 10.2 Å². The molecule has 0 saturated heterocycles. The Kier molecular flexibility index (Phi) is 4.06. The van der Waals surface area contributed by atoms with E-state index in [0.29, 0.717) is 18.7 Å². The lowest BCUT2D eigenvalue weighted by Crippen LogP contribution is -2.41. The molecule has 0 aromatic carbocycles. The molecule has 5 aromatic heterocycles. The van der Waals surface area contributed by atoms with Crippen LogP contribution in [-0.4, -0.2) is 57.1 Å². The molecule has 0 spiro atoms. The highest BCUT2D eigenvalue weighted by Crippen LogP contribution is 2.34. The molecule has 1 atom stereocenters. The zero-order chi connectivity index (χ0) is 21.7. The van der Waals surface area contributed by atoms with Crippen LogP contribution in [0.15, 0.2) is 53.7 Å². The smallest absolute Gasteiger partial charge is 0.312 e. The molecular weight excluding hydrogens is 410 g/mol. The highest BCUT2D eigenvalue weighted by atomic mass is 16.4. The van der Waals surface area contributed by atoms with Crippen LogP contribution in [0, 0.1) is 6.92 Å². The highest BCUT2D eigenvalue weighted by molar-refractivity contribution is 5.90. The third-order valence-electron chi connectivity index (χ3n) is 5.59. The summed E-state index contributed by atoms with van der Waals surface area (Å²) in [6.07, 6.45) is 8.73. The van der Waals surface area contributed by atoms with Crippen LogP contribution >= 0.6 is 0 Å². The second-order valence-corrected chi connectivity index (χ2v) is 7.51. The predicted molar refractivity (Wildman–Crippen MR) is 110 cm³/mol. The van der Waals surface area contributed by atoms with Crippen molar-refractivity contribution in [2.75, 3.05) is 6.54 Å². The molecule has 158 valence electrons. The van der Waals surface area contributed by atoms with Gasteiger partial charge >= 0.3 is 11.8 Å². The Morgan fingerprint density at radius 2 is 2.19 bits per heavy atom. The first-order valence-electron chi connectivity index (χ1n) is 10.1. The van der Waals surface area contributed by atoms with Crippen molar-refractivity contribution in [2.24, 2.45) is 0 Å². The van der Waals surface area contributed by atoms with E-state index >= 15 is 0 Å². The Bertz CT molecular complexity index is 1440. The molecular formula is C21H17N9O2. The molecule has 1 aliphatic rings. The molecule has 0 fully saturated rings. The Balaban J connectivity index is 1.41. The second-order valence-electron chi connectivity index (χ2n) is 7.51. The molecule has 11 heteroatoms. The maximum Gasteiger partial charge on any atom is 0.312 e. The van der Waals surface area contributed by atoms with Crippen molar-refractivity contribution in [2.45, 2.75) is 19.4 Å². The van der Waals surface area contributed by atoms with Crippen molar-refractivity contribution < 1.29 is 9.21 Å². The van der Waals surface area contributed by atoms with Gasteiger partial charge in [-0.2, -0.15) is 5.10 Å². The van der Waals surface area contributed by atoms with Gasteiger partial charge in [0.1, 0.15) is 11.7 Å². The lowest BCUT2D eigenvalue weighted by Gasteiger charge is -2.32. The summed E-state index contributed by atoms with van der Waals surface area (Å²) in [7, 11) is 0. The van der Waals surface area contributed by atoms with Crippen molar-refractivity contribution >= 4 is 11.4 Å². The fourth-order valence-electron chi connectivity index (χ4n) is 4.05. The molecule has 1 amide bonds. The zero-order valence-corrected chi connectivity index (χ0v) is 17.0. The summed E-state index contributed by atoms with van der Waals surface area (Å²) in [6.45, 7) is 2.48. The molecule has 0 saturated carbocycles. The lowest BCUT2D eigenvalue weighted by molar-refractivity contribution is 0.0646. The summed E-state index contributed by atoms with van der Waals surface area (Å²) >= 11 is 0. The number of carbonyl (C=O) groups is 1. The van der Waals surface area contributed by atoms with Gasteiger partial charge in [0, 0.05) is 37.3 Å². The first-order chi connectivity index (χ1) is 15.7. The van der Waals surface area contributed by atoms with Gasteiger partial charge in [-0.05, 0) is 24.6 Å². The van der Waals surface area contributed by atoms with E-state index in [0.717, 1.165) is 28.2 Å². The molecule has 32 heavy (non-hydrogen) atoms. The summed E-state index contributed by atoms with van der Waals surface area (Å²) in [6, 6.07) is 5.47. The van der Waals surface area contributed by atoms with E-state index in [9.17, 15) is 4.79 Å². The van der Waals surface area contributed by atoms with Gasteiger partial charge in [0.15, 0.2) is 0 Å². The SMILES string of the molecule is Cc1cccn2nc([C@H]3c4nc[nH]c4CCN3C(=O)c3nnc(-c4cnccn4)o3)cc12. The van der Waals surface area contributed by atoms with Gasteiger partial charge < -0.3 is 14.3 Å². The minimum atomic E-state index is -0.483. The Labute approximate surface area is 181 Å². The summed E-state index contributed by atoms with van der Waals surface area (Å²) in [5.41, 5.74) is 4.93. The molecule has 6 heterocycles. The highest BCUT2D eigenvalue weighted by Gasteiger charge is 2.38. The first kappa shape index (κ1) is 18.4. The van der Waals surface area contributed by atoms with Crippen LogP contribution in [0.2, 0.25) is 0 Å². The molecule has 0 bridgehead atoms. The number of pyridine rings is 1. The van der Waals surface area contributed by atoms with Crippen LogP contribution in [0.1, 0.15) is 39.4 Å². The predicted octanol–water partition coefficient (Wildman–Crippen LogP) is 1.99. The third-order valence-corrected chi connectivity index (χ3v) is 5.59. The summed E-state index contributed by atoms with van der Waals surface area (Å²) in [5, 5.41) is 12.7. The lowest BCUT2D eigenvalue weighted by atomic mass is 9.99. The summed E-state index contributed by atoms with van der Waals surface area (Å²) < 4.78 is 7.46. The Morgan fingerprint density at radius 3 is 3.03 bits per heavy atom. The van der Waals surface area contributed by atoms with Crippen LogP contribution in [-0.2, 0) is 6.42 Å². The zero-order valence-electron chi connectivity index (χ0n) is 17.0. The Morgan fingerprint density at radius 1 is 1.25 bits per heavy atom. The number of aromatic amines is 1. The molecule has 6 rings (SSSR count). The van der Waals surface area contributed by atoms with Crippen LogP contribution in [0.25, 0.3) is 17.1 Å². The fourth-order valence-corrected chi connectivity index (χ4v) is 4.05. The minimum absolute atomic E-state index is 0.116. The average Bonchev–Trinajstić information content (AvgIpc) is 3.58. The molecule has 1 aliphatic heterocycles. The maximum absolute atomic E-state index is 13.5. The van der Waals surface area contributed by atoms with Gasteiger partial charge in [-0.3, -0.25) is 9.78 Å². The molecule has 11 nitrogen and oxygen atoms in total. The number of amides is 1. The molecule has 0 unspecified atom stereocenters. The number of nitrogens with one attached hydrogen (secondary N) is 1. The fraction of sp³-hybridized carbons (Fsp3) is 0.190. The maximum atomic E-state index is 13.5. The normalized spacial score (nSPS) is 15.8. The quantitative estimate of drug-likeness (QED) is 0.462. The first-order valence-corrected chi connectivity index (χ1v) is 10.1. The van der Waals surface area contributed by atoms with Crippen molar-refractivity contribution in [3.63, 3.8) is 0 Å². The molecule has 0 aliphatic carbocycles. The molecule has 0 radical (unpaired) electrons. The third kappa shape index (κ3) is 2.86. The van der Waals surface area contributed by atoms with Crippen LogP contribution < -0.4 is 0 Å². The second kappa shape index (κ2) is 7.08. The number of hydrogen-bond acceptors (Lipinski definition) is 8. The average molecular weight is 427 g/mol. The number of aromatic nitrogens is 8. The van der Waals surface area contributed by atoms with Crippen molar-refractivity contribution in [1.29, 1.82) is 0 Å². The number of nitrogens with zero attached hydrogens (tertiary/aromatic N) is 8. The van der Waals surface area contributed by atoms with Crippen molar-refractivity contribution in [3.05, 3.63) is 77.8 Å². The number of rotatable bonds is 3. The number of fused-ring (bicyclic) bond motifs is 2. The topological polar surface area (TPSA) is 131 Å². The number of H-pyrrole nitrogens is 1. The van der Waals surface area contributed by atoms with E-state index in [1.807, 2.05) is 35.8 Å². The van der Waals surface area contributed by atoms with Gasteiger partial charge in [-0.1, -0.05) is 6.07 Å². The Hall–Kier alpha value is -4.41. The minimum Gasteiger partial charge on any atom is -0.411 e. The van der Waals surface area contributed by atoms with E-state index in [-0.39, 0.29) is 17.7 Å². The van der Waals surface area contributed by atoms with Crippen LogP contribution in [0.3, 0.4) is 0 Å². The number of imidazole rings is 1. The van der Waals surface area contributed by atoms with Gasteiger partial charge in [-0.25, -0.2) is 14.5 Å².